The van der Waals surface area contributed by atoms with E-state index in [9.17, 15) is 0 Å². The van der Waals surface area contributed by atoms with E-state index >= 15 is 0 Å². The maximum atomic E-state index is 8.78. The molecule has 0 aromatic carbocycles. The maximum Gasteiger partial charge on any atom is 0.402 e. The first kappa shape index (κ1) is 9.81. The smallest absolute Gasteiger partial charge is 0.402 e. The molecule has 0 atom stereocenters. The topological polar surface area (TPSA) is 63.3 Å². The summed E-state index contributed by atoms with van der Waals surface area (Å²) in [5.74, 6) is 4.71. The minimum atomic E-state index is -1.33. The summed E-state index contributed by atoms with van der Waals surface area (Å²) in [4.78, 5) is 8.78. The standard InChI is InChI=1S/C10H16.CH3NO2/c1-7-2-9-4-8(1)5-10(3-7)6-9;2-1(3)4/h7-10H,1-6H2;2H2,(H,3,4). The minimum Gasteiger partial charge on any atom is -0.465 e. The van der Waals surface area contributed by atoms with Crippen LogP contribution in [0, 0.1) is 23.7 Å². The lowest BCUT2D eigenvalue weighted by Gasteiger charge is -2.49. The molecule has 80 valence electrons. The maximum absolute atomic E-state index is 8.78. The van der Waals surface area contributed by atoms with E-state index in [0.29, 0.717) is 0 Å². The lowest BCUT2D eigenvalue weighted by atomic mass is 9.56. The Morgan fingerprint density at radius 3 is 1.14 bits per heavy atom. The van der Waals surface area contributed by atoms with Crippen LogP contribution in [0.5, 0.6) is 0 Å². The summed E-state index contributed by atoms with van der Waals surface area (Å²) in [5.41, 5.74) is 4.03. The Hall–Kier alpha value is -0.730. The van der Waals surface area contributed by atoms with Crippen molar-refractivity contribution in [3.8, 4) is 0 Å². The molecular weight excluding hydrogens is 178 g/mol. The summed E-state index contributed by atoms with van der Waals surface area (Å²) in [5, 5.41) is 7.19. The van der Waals surface area contributed by atoms with Crippen molar-refractivity contribution in [1.82, 2.24) is 0 Å². The van der Waals surface area contributed by atoms with Gasteiger partial charge in [0.05, 0.1) is 0 Å². The third-order valence-electron chi connectivity index (χ3n) is 4.00. The van der Waals surface area contributed by atoms with Gasteiger partial charge in [-0.25, -0.2) is 4.79 Å². The first-order chi connectivity index (χ1) is 6.63. The van der Waals surface area contributed by atoms with Crippen molar-refractivity contribution in [3.63, 3.8) is 0 Å². The van der Waals surface area contributed by atoms with Gasteiger partial charge in [0.1, 0.15) is 0 Å². The number of carboxylic acid groups (broad SMARTS) is 1. The van der Waals surface area contributed by atoms with Crippen LogP contribution < -0.4 is 5.73 Å². The van der Waals surface area contributed by atoms with Crippen LogP contribution in [0.4, 0.5) is 4.79 Å². The molecule has 0 aromatic rings. The Bertz CT molecular complexity index is 167. The van der Waals surface area contributed by atoms with Crippen LogP contribution in [0.3, 0.4) is 0 Å². The van der Waals surface area contributed by atoms with Crippen molar-refractivity contribution in [1.29, 1.82) is 0 Å². The summed E-state index contributed by atoms with van der Waals surface area (Å²) in [7, 11) is 0. The van der Waals surface area contributed by atoms with Gasteiger partial charge in [0.15, 0.2) is 0 Å². The number of amides is 1. The Balaban J connectivity index is 0.000000165. The molecule has 0 radical (unpaired) electrons. The number of carbonyl (C=O) groups is 1. The quantitative estimate of drug-likeness (QED) is 0.626. The molecule has 0 heterocycles. The zero-order valence-corrected chi connectivity index (χ0v) is 8.48. The number of nitrogens with two attached hydrogens (primary N) is 1. The number of primary amides is 1. The lowest BCUT2D eigenvalue weighted by Crippen LogP contribution is -2.38. The van der Waals surface area contributed by atoms with Crippen molar-refractivity contribution < 1.29 is 9.90 Å². The summed E-state index contributed by atoms with van der Waals surface area (Å²) in [6.45, 7) is 0. The van der Waals surface area contributed by atoms with Crippen LogP contribution in [0.25, 0.3) is 0 Å². The van der Waals surface area contributed by atoms with E-state index in [2.05, 4.69) is 5.73 Å². The fourth-order valence-corrected chi connectivity index (χ4v) is 3.98. The molecular formula is C11H19NO2. The molecule has 3 nitrogen and oxygen atoms in total. The van der Waals surface area contributed by atoms with E-state index in [4.69, 9.17) is 9.90 Å². The van der Waals surface area contributed by atoms with Gasteiger partial charge in [0.25, 0.3) is 0 Å². The molecule has 4 aliphatic carbocycles. The van der Waals surface area contributed by atoms with E-state index in [0.717, 1.165) is 0 Å². The van der Waals surface area contributed by atoms with Gasteiger partial charge in [-0.2, -0.15) is 0 Å². The van der Waals surface area contributed by atoms with Crippen molar-refractivity contribution in [2.45, 2.75) is 38.5 Å². The molecule has 0 saturated heterocycles. The molecule has 0 aliphatic heterocycles. The van der Waals surface area contributed by atoms with Gasteiger partial charge in [-0.3, -0.25) is 0 Å². The Morgan fingerprint density at radius 2 is 1.00 bits per heavy atom. The Labute approximate surface area is 84.7 Å². The van der Waals surface area contributed by atoms with Gasteiger partial charge in [-0.1, -0.05) is 0 Å². The highest BCUT2D eigenvalue weighted by atomic mass is 16.4. The molecule has 3 N–H and O–H groups in total. The monoisotopic (exact) mass is 197 g/mol. The first-order valence-corrected chi connectivity index (χ1v) is 5.62. The lowest BCUT2D eigenvalue weighted by molar-refractivity contribution is 0.0198. The molecule has 4 fully saturated rings. The Morgan fingerprint density at radius 1 is 0.857 bits per heavy atom. The zero-order chi connectivity index (χ0) is 10.1. The molecule has 4 aliphatic rings. The van der Waals surface area contributed by atoms with Gasteiger partial charge >= 0.3 is 6.09 Å². The molecule has 0 unspecified atom stereocenters. The fourth-order valence-electron chi connectivity index (χ4n) is 3.98. The fraction of sp³-hybridized carbons (Fsp3) is 0.909. The van der Waals surface area contributed by atoms with Crippen LogP contribution in [-0.4, -0.2) is 11.2 Å². The van der Waals surface area contributed by atoms with Gasteiger partial charge < -0.3 is 10.8 Å². The predicted molar refractivity (Wildman–Crippen MR) is 53.9 cm³/mol. The van der Waals surface area contributed by atoms with E-state index in [1.165, 1.54) is 23.7 Å². The number of hydrogen-bond acceptors (Lipinski definition) is 1. The summed E-state index contributed by atoms with van der Waals surface area (Å²) >= 11 is 0. The van der Waals surface area contributed by atoms with Crippen molar-refractivity contribution in [2.24, 2.45) is 29.4 Å². The molecule has 4 saturated carbocycles. The zero-order valence-electron chi connectivity index (χ0n) is 8.48. The molecule has 1 amide bonds. The van der Waals surface area contributed by atoms with Gasteiger partial charge in [0.2, 0.25) is 0 Å². The van der Waals surface area contributed by atoms with Gasteiger partial charge in [-0.15, -0.1) is 0 Å². The second-order valence-electron chi connectivity index (χ2n) is 5.22. The number of hydrogen-bond donors (Lipinski definition) is 2. The molecule has 0 aromatic heterocycles. The van der Waals surface area contributed by atoms with Crippen LogP contribution in [-0.2, 0) is 0 Å². The highest BCUT2D eigenvalue weighted by Gasteiger charge is 2.41. The summed E-state index contributed by atoms with van der Waals surface area (Å²) in [6, 6.07) is 0. The van der Waals surface area contributed by atoms with Gasteiger partial charge in [0, 0.05) is 0 Å². The van der Waals surface area contributed by atoms with Crippen LogP contribution in [0.15, 0.2) is 0 Å². The minimum absolute atomic E-state index is 1.18. The van der Waals surface area contributed by atoms with E-state index in [1.807, 2.05) is 0 Å². The van der Waals surface area contributed by atoms with Crippen molar-refractivity contribution >= 4 is 6.09 Å². The molecule has 0 spiro atoms. The third kappa shape index (κ3) is 2.20. The van der Waals surface area contributed by atoms with Crippen LogP contribution in [0.1, 0.15) is 38.5 Å². The van der Waals surface area contributed by atoms with Crippen molar-refractivity contribution in [2.75, 3.05) is 0 Å². The molecule has 14 heavy (non-hydrogen) atoms. The third-order valence-corrected chi connectivity index (χ3v) is 4.00. The second-order valence-corrected chi connectivity index (χ2v) is 5.22. The van der Waals surface area contributed by atoms with Crippen molar-refractivity contribution in [3.05, 3.63) is 0 Å². The molecule has 3 heteroatoms. The first-order valence-electron chi connectivity index (χ1n) is 5.62. The summed E-state index contributed by atoms with van der Waals surface area (Å²) < 4.78 is 0. The summed E-state index contributed by atoms with van der Waals surface area (Å²) in [6.07, 6.45) is 8.29. The predicted octanol–water partition coefficient (Wildman–Crippen LogP) is 2.46. The Kier molecular flexibility index (Phi) is 2.66. The molecule has 4 bridgehead atoms. The average Bonchev–Trinajstić information content (AvgIpc) is 1.98. The van der Waals surface area contributed by atoms with E-state index in [-0.39, 0.29) is 0 Å². The SMILES string of the molecule is C1C2CC3CC1CC(C2)C3.NC(=O)O. The highest BCUT2D eigenvalue weighted by Crippen LogP contribution is 2.53. The van der Waals surface area contributed by atoms with Gasteiger partial charge in [-0.05, 0) is 62.2 Å². The highest BCUT2D eigenvalue weighted by molar-refractivity contribution is 5.61. The van der Waals surface area contributed by atoms with E-state index in [1.54, 1.807) is 38.5 Å². The average molecular weight is 197 g/mol. The number of rotatable bonds is 0. The van der Waals surface area contributed by atoms with Crippen LogP contribution >= 0.6 is 0 Å². The second kappa shape index (κ2) is 3.79. The molecule has 4 rings (SSSR count). The van der Waals surface area contributed by atoms with Crippen LogP contribution in [0.2, 0.25) is 0 Å². The largest absolute Gasteiger partial charge is 0.465 e. The normalized spacial score (nSPS) is 42.9. The van der Waals surface area contributed by atoms with E-state index < -0.39 is 6.09 Å².